The first-order valence-electron chi connectivity index (χ1n) is 9.62. The van der Waals surface area contributed by atoms with E-state index in [1.54, 1.807) is 6.92 Å². The number of hydrazine groups is 2. The van der Waals surface area contributed by atoms with Gasteiger partial charge in [-0.1, -0.05) is 6.58 Å². The molecule has 0 aromatic carbocycles. The van der Waals surface area contributed by atoms with Crippen LogP contribution in [0.2, 0.25) is 0 Å². The van der Waals surface area contributed by atoms with Crippen LogP contribution in [0, 0.1) is 0 Å². The Labute approximate surface area is 172 Å². The molecule has 0 radical (unpaired) electrons. The van der Waals surface area contributed by atoms with Crippen LogP contribution in [0.3, 0.4) is 0 Å². The fraction of sp³-hybridized carbons (Fsp3) is 0.684. The Kier molecular flexibility index (Phi) is 14.8. The molecular formula is C19H33N3O7. The molecule has 1 aliphatic rings. The molecule has 0 amide bonds. The van der Waals surface area contributed by atoms with Crippen LogP contribution in [0.5, 0.6) is 0 Å². The lowest BCUT2D eigenvalue weighted by atomic mass is 10.3. The second-order valence-corrected chi connectivity index (χ2v) is 6.25. The summed E-state index contributed by atoms with van der Waals surface area (Å²) in [5.74, 6) is 0.126. The zero-order chi connectivity index (χ0) is 21.2. The summed E-state index contributed by atoms with van der Waals surface area (Å²) >= 11 is 0. The average Bonchev–Trinajstić information content (AvgIpc) is 3.15. The summed E-state index contributed by atoms with van der Waals surface area (Å²) in [5.41, 5.74) is 7.35. The van der Waals surface area contributed by atoms with E-state index in [1.807, 2.05) is 11.2 Å². The predicted molar refractivity (Wildman–Crippen MR) is 106 cm³/mol. The predicted octanol–water partition coefficient (Wildman–Crippen LogP) is -0.0302. The number of hydrogen-bond donors (Lipinski definition) is 2. The number of Topliss-reactive ketones (excluding diaryl/α,β-unsaturated/α-hetero) is 1. The maximum atomic E-state index is 10.8. The first-order valence-corrected chi connectivity index (χ1v) is 9.62. The van der Waals surface area contributed by atoms with Crippen LogP contribution in [0.25, 0.3) is 0 Å². The van der Waals surface area contributed by atoms with Gasteiger partial charge in [0.2, 0.25) is 0 Å². The number of ether oxygens (including phenoxy) is 5. The van der Waals surface area contributed by atoms with Gasteiger partial charge in [-0.05, 0) is 6.92 Å². The number of aldehydes is 1. The largest absolute Gasteiger partial charge is 0.379 e. The van der Waals surface area contributed by atoms with Crippen LogP contribution in [0.4, 0.5) is 0 Å². The van der Waals surface area contributed by atoms with Crippen LogP contribution >= 0.6 is 0 Å². The molecule has 29 heavy (non-hydrogen) atoms. The van der Waals surface area contributed by atoms with E-state index in [4.69, 9.17) is 23.7 Å². The molecule has 0 fully saturated rings. The molecule has 0 aromatic rings. The third-order valence-electron chi connectivity index (χ3n) is 3.57. The highest BCUT2D eigenvalue weighted by molar-refractivity contribution is 5.75. The van der Waals surface area contributed by atoms with E-state index < -0.39 is 0 Å². The fourth-order valence-electron chi connectivity index (χ4n) is 2.05. The molecule has 0 unspecified atom stereocenters. The molecule has 1 heterocycles. The molecule has 0 saturated heterocycles. The van der Waals surface area contributed by atoms with E-state index in [0.717, 1.165) is 5.70 Å². The van der Waals surface area contributed by atoms with E-state index in [2.05, 4.69) is 17.5 Å². The normalized spacial score (nSPS) is 13.3. The van der Waals surface area contributed by atoms with E-state index in [0.29, 0.717) is 84.3 Å². The molecule has 0 spiro atoms. The molecular weight excluding hydrogens is 382 g/mol. The Balaban J connectivity index is 1.89. The Morgan fingerprint density at radius 2 is 1.62 bits per heavy atom. The lowest BCUT2D eigenvalue weighted by molar-refractivity contribution is -0.118. The van der Waals surface area contributed by atoms with Gasteiger partial charge in [0.1, 0.15) is 12.1 Å². The van der Waals surface area contributed by atoms with E-state index in [9.17, 15) is 9.59 Å². The highest BCUT2D eigenvalue weighted by Crippen LogP contribution is 2.00. The Bertz CT molecular complexity index is 514. The van der Waals surface area contributed by atoms with Gasteiger partial charge in [-0.3, -0.25) is 14.6 Å². The molecule has 0 saturated carbocycles. The van der Waals surface area contributed by atoms with Crippen molar-refractivity contribution in [3.63, 3.8) is 0 Å². The highest BCUT2D eigenvalue weighted by Gasteiger charge is 2.10. The number of nitrogens with one attached hydrogen (secondary N) is 2. The van der Waals surface area contributed by atoms with Crippen molar-refractivity contribution in [3.8, 4) is 0 Å². The number of nitrogens with zero attached hydrogens (tertiary/aromatic N) is 1. The van der Waals surface area contributed by atoms with Crippen LogP contribution < -0.4 is 11.0 Å². The first kappa shape index (κ1) is 25.2. The summed E-state index contributed by atoms with van der Waals surface area (Å²) in [6.45, 7) is 10.1. The lowest BCUT2D eigenvalue weighted by Crippen LogP contribution is -2.38. The minimum absolute atomic E-state index is 0.126. The monoisotopic (exact) mass is 415 g/mol. The molecule has 10 heteroatoms. The van der Waals surface area contributed by atoms with Crippen molar-refractivity contribution in [2.75, 3.05) is 72.6 Å². The van der Waals surface area contributed by atoms with Gasteiger partial charge in [0, 0.05) is 18.2 Å². The first-order chi connectivity index (χ1) is 14.1. The standard InChI is InChI=1S/C19H33N3O7/c1-17(14-23)15-28-11-9-27-10-12-29-16-19-13-22(21-20-19)4-6-26-8-7-25-5-3-18(2)24/h13-14,20-21H,1,3-12,15-16H2,2H3. The summed E-state index contributed by atoms with van der Waals surface area (Å²) in [6, 6.07) is 0. The average molecular weight is 415 g/mol. The van der Waals surface area contributed by atoms with E-state index in [-0.39, 0.29) is 12.4 Å². The third kappa shape index (κ3) is 14.8. The zero-order valence-corrected chi connectivity index (χ0v) is 17.2. The Morgan fingerprint density at radius 1 is 1.00 bits per heavy atom. The van der Waals surface area contributed by atoms with Gasteiger partial charge in [0.05, 0.1) is 78.3 Å². The summed E-state index contributed by atoms with van der Waals surface area (Å²) in [6.07, 6.45) is 3.04. The molecule has 0 aliphatic carbocycles. The van der Waals surface area contributed by atoms with Gasteiger partial charge < -0.3 is 29.1 Å². The second-order valence-electron chi connectivity index (χ2n) is 6.25. The SMILES string of the molecule is C=C(C=O)COCCOCCOCC1=CN(CCOCCOCCC(C)=O)NN1. The third-order valence-corrected chi connectivity index (χ3v) is 3.57. The number of rotatable bonds is 20. The Hall–Kier alpha value is -1.82. The van der Waals surface area contributed by atoms with Crippen molar-refractivity contribution in [2.24, 2.45) is 0 Å². The van der Waals surface area contributed by atoms with E-state index >= 15 is 0 Å². The van der Waals surface area contributed by atoms with Gasteiger partial charge in [0.15, 0.2) is 0 Å². The van der Waals surface area contributed by atoms with Gasteiger partial charge in [-0.15, -0.1) is 5.53 Å². The highest BCUT2D eigenvalue weighted by atomic mass is 16.5. The van der Waals surface area contributed by atoms with Crippen LogP contribution in [-0.4, -0.2) is 89.7 Å². The molecule has 10 nitrogen and oxygen atoms in total. The summed E-state index contributed by atoms with van der Waals surface area (Å²) < 4.78 is 26.9. The topological polar surface area (TPSA) is 108 Å². The molecule has 1 rings (SSSR count). The minimum Gasteiger partial charge on any atom is -0.379 e. The number of carbonyl (C=O) groups excluding carboxylic acids is 2. The molecule has 166 valence electrons. The van der Waals surface area contributed by atoms with Crippen LogP contribution in [0.15, 0.2) is 24.0 Å². The zero-order valence-electron chi connectivity index (χ0n) is 17.2. The van der Waals surface area contributed by atoms with Crippen molar-refractivity contribution in [2.45, 2.75) is 13.3 Å². The van der Waals surface area contributed by atoms with Crippen molar-refractivity contribution in [1.29, 1.82) is 0 Å². The quantitative estimate of drug-likeness (QED) is 0.160. The molecule has 0 bridgehead atoms. The van der Waals surface area contributed by atoms with Gasteiger partial charge in [-0.25, -0.2) is 0 Å². The summed E-state index contributed by atoms with van der Waals surface area (Å²) in [7, 11) is 0. The van der Waals surface area contributed by atoms with Crippen molar-refractivity contribution < 1.29 is 33.3 Å². The van der Waals surface area contributed by atoms with Crippen LogP contribution in [0.1, 0.15) is 13.3 Å². The smallest absolute Gasteiger partial charge is 0.147 e. The number of hydrogen-bond acceptors (Lipinski definition) is 10. The summed E-state index contributed by atoms with van der Waals surface area (Å²) in [4.78, 5) is 21.1. The molecule has 1 aliphatic heterocycles. The van der Waals surface area contributed by atoms with Gasteiger partial charge >= 0.3 is 0 Å². The van der Waals surface area contributed by atoms with Crippen molar-refractivity contribution in [1.82, 2.24) is 16.0 Å². The van der Waals surface area contributed by atoms with Gasteiger partial charge in [0.25, 0.3) is 0 Å². The minimum atomic E-state index is 0.126. The molecule has 2 N–H and O–H groups in total. The van der Waals surface area contributed by atoms with Crippen LogP contribution in [-0.2, 0) is 33.3 Å². The number of ketones is 1. The van der Waals surface area contributed by atoms with Crippen molar-refractivity contribution in [3.05, 3.63) is 24.0 Å². The summed E-state index contributed by atoms with van der Waals surface area (Å²) in [5, 5.41) is 1.87. The molecule has 0 aromatic heterocycles. The number of carbonyl (C=O) groups is 2. The van der Waals surface area contributed by atoms with Crippen molar-refractivity contribution >= 4 is 12.1 Å². The second kappa shape index (κ2) is 17.1. The Morgan fingerprint density at radius 3 is 2.31 bits per heavy atom. The maximum Gasteiger partial charge on any atom is 0.147 e. The maximum absolute atomic E-state index is 10.8. The molecule has 0 atom stereocenters. The lowest BCUT2D eigenvalue weighted by Gasteiger charge is -2.14. The van der Waals surface area contributed by atoms with E-state index in [1.165, 1.54) is 0 Å². The van der Waals surface area contributed by atoms with Gasteiger partial charge in [-0.2, -0.15) is 0 Å². The fourth-order valence-corrected chi connectivity index (χ4v) is 2.05.